The summed E-state index contributed by atoms with van der Waals surface area (Å²) in [6.45, 7) is 6.91. The Hall–Kier alpha value is -1.08. The number of nitriles is 1. The average Bonchev–Trinajstić information content (AvgIpc) is 2.27. The van der Waals surface area contributed by atoms with Gasteiger partial charge in [0.2, 0.25) is 5.91 Å². The van der Waals surface area contributed by atoms with Crippen molar-refractivity contribution in [2.75, 3.05) is 6.54 Å². The molecule has 1 aliphatic heterocycles. The van der Waals surface area contributed by atoms with Crippen LogP contribution in [0.2, 0.25) is 0 Å². The lowest BCUT2D eigenvalue weighted by molar-refractivity contribution is -0.136. The molecule has 1 heterocycles. The summed E-state index contributed by atoms with van der Waals surface area (Å²) >= 11 is 0. The molecule has 0 aliphatic carbocycles. The Balaban J connectivity index is 2.82. The van der Waals surface area contributed by atoms with E-state index in [1.165, 1.54) is 0 Å². The van der Waals surface area contributed by atoms with E-state index in [1.807, 2.05) is 18.7 Å². The van der Waals surface area contributed by atoms with Crippen LogP contribution < -0.4 is 5.32 Å². The fraction of sp³-hybridized carbons (Fsp3) is 0.818. The second-order valence-corrected chi connectivity index (χ2v) is 4.35. The van der Waals surface area contributed by atoms with Crippen LogP contribution >= 0.6 is 0 Å². The summed E-state index contributed by atoms with van der Waals surface area (Å²) < 4.78 is 0. The molecule has 1 saturated heterocycles. The number of hydrogen-bond donors (Lipinski definition) is 1. The number of rotatable bonds is 2. The first-order chi connectivity index (χ1) is 7.07. The minimum atomic E-state index is -0.317. The highest BCUT2D eigenvalue weighted by atomic mass is 16.2. The predicted molar refractivity (Wildman–Crippen MR) is 58.1 cm³/mol. The van der Waals surface area contributed by atoms with Crippen molar-refractivity contribution in [3.63, 3.8) is 0 Å². The van der Waals surface area contributed by atoms with E-state index in [-0.39, 0.29) is 30.5 Å². The Morgan fingerprint density at radius 3 is 2.87 bits per heavy atom. The SMILES string of the molecule is CC(C)N1C(=O)C(CC#N)NCCC1C. The summed E-state index contributed by atoms with van der Waals surface area (Å²) in [6.07, 6.45) is 1.21. The second-order valence-electron chi connectivity index (χ2n) is 4.35. The van der Waals surface area contributed by atoms with Crippen LogP contribution in [-0.2, 0) is 4.79 Å². The van der Waals surface area contributed by atoms with Gasteiger partial charge in [0.1, 0.15) is 0 Å². The van der Waals surface area contributed by atoms with Gasteiger partial charge in [-0.25, -0.2) is 0 Å². The predicted octanol–water partition coefficient (Wildman–Crippen LogP) is 0.887. The molecule has 1 aliphatic rings. The van der Waals surface area contributed by atoms with E-state index in [2.05, 4.69) is 18.3 Å². The monoisotopic (exact) mass is 209 g/mol. The van der Waals surface area contributed by atoms with Crippen molar-refractivity contribution in [2.45, 2.75) is 51.7 Å². The molecule has 84 valence electrons. The normalized spacial score (nSPS) is 27.7. The Kier molecular flexibility index (Phi) is 4.10. The largest absolute Gasteiger partial charge is 0.336 e. The molecule has 2 unspecified atom stereocenters. The van der Waals surface area contributed by atoms with Crippen molar-refractivity contribution in [3.8, 4) is 6.07 Å². The van der Waals surface area contributed by atoms with Crippen molar-refractivity contribution < 1.29 is 4.79 Å². The van der Waals surface area contributed by atoms with Crippen molar-refractivity contribution >= 4 is 5.91 Å². The molecular weight excluding hydrogens is 190 g/mol. The first-order valence-electron chi connectivity index (χ1n) is 5.50. The fourth-order valence-electron chi connectivity index (χ4n) is 2.10. The van der Waals surface area contributed by atoms with Gasteiger partial charge >= 0.3 is 0 Å². The Morgan fingerprint density at radius 1 is 1.67 bits per heavy atom. The molecule has 4 heteroatoms. The minimum Gasteiger partial charge on any atom is -0.336 e. The number of nitrogens with zero attached hydrogens (tertiary/aromatic N) is 2. The molecule has 0 saturated carbocycles. The summed E-state index contributed by atoms with van der Waals surface area (Å²) in [5.41, 5.74) is 0. The molecule has 0 aromatic carbocycles. The summed E-state index contributed by atoms with van der Waals surface area (Å²) in [4.78, 5) is 14.0. The summed E-state index contributed by atoms with van der Waals surface area (Å²) in [6, 6.07) is 2.20. The lowest BCUT2D eigenvalue weighted by Crippen LogP contribution is -2.48. The summed E-state index contributed by atoms with van der Waals surface area (Å²) in [7, 11) is 0. The smallest absolute Gasteiger partial charge is 0.241 e. The zero-order chi connectivity index (χ0) is 11.4. The van der Waals surface area contributed by atoms with Gasteiger partial charge < -0.3 is 10.2 Å². The van der Waals surface area contributed by atoms with Crippen LogP contribution in [0.1, 0.15) is 33.6 Å². The van der Waals surface area contributed by atoms with Crippen molar-refractivity contribution in [1.29, 1.82) is 5.26 Å². The van der Waals surface area contributed by atoms with Gasteiger partial charge in [-0.05, 0) is 33.7 Å². The zero-order valence-electron chi connectivity index (χ0n) is 9.66. The van der Waals surface area contributed by atoms with Crippen LogP contribution in [0.15, 0.2) is 0 Å². The molecule has 0 aromatic heterocycles. The van der Waals surface area contributed by atoms with Gasteiger partial charge in [0.05, 0.1) is 18.5 Å². The number of nitrogens with one attached hydrogen (secondary N) is 1. The maximum absolute atomic E-state index is 12.1. The molecule has 1 rings (SSSR count). The molecule has 1 amide bonds. The third-order valence-electron chi connectivity index (χ3n) is 2.83. The molecule has 2 atom stereocenters. The van der Waals surface area contributed by atoms with Crippen LogP contribution in [0.5, 0.6) is 0 Å². The van der Waals surface area contributed by atoms with E-state index in [0.717, 1.165) is 13.0 Å². The topological polar surface area (TPSA) is 56.1 Å². The zero-order valence-corrected chi connectivity index (χ0v) is 9.66. The third kappa shape index (κ3) is 2.69. The maximum Gasteiger partial charge on any atom is 0.241 e. The van der Waals surface area contributed by atoms with Gasteiger partial charge in [-0.3, -0.25) is 4.79 Å². The lowest BCUT2D eigenvalue weighted by Gasteiger charge is -2.32. The van der Waals surface area contributed by atoms with Gasteiger partial charge in [-0.2, -0.15) is 5.26 Å². The number of hydrogen-bond acceptors (Lipinski definition) is 3. The first-order valence-corrected chi connectivity index (χ1v) is 5.50. The summed E-state index contributed by atoms with van der Waals surface area (Å²) in [5, 5.41) is 11.8. The van der Waals surface area contributed by atoms with E-state index < -0.39 is 0 Å². The van der Waals surface area contributed by atoms with Crippen LogP contribution in [0, 0.1) is 11.3 Å². The maximum atomic E-state index is 12.1. The van der Waals surface area contributed by atoms with Crippen molar-refractivity contribution in [3.05, 3.63) is 0 Å². The van der Waals surface area contributed by atoms with Crippen molar-refractivity contribution in [1.82, 2.24) is 10.2 Å². The molecule has 0 spiro atoms. The van der Waals surface area contributed by atoms with Crippen LogP contribution in [0.25, 0.3) is 0 Å². The van der Waals surface area contributed by atoms with Crippen molar-refractivity contribution in [2.24, 2.45) is 0 Å². The summed E-state index contributed by atoms with van der Waals surface area (Å²) in [5.74, 6) is 0.0663. The molecule has 0 aromatic rings. The van der Waals surface area contributed by atoms with Gasteiger partial charge in [0, 0.05) is 12.1 Å². The quantitative estimate of drug-likeness (QED) is 0.734. The first kappa shape index (κ1) is 12.0. The van der Waals surface area contributed by atoms with E-state index in [0.29, 0.717) is 0 Å². The van der Waals surface area contributed by atoms with E-state index >= 15 is 0 Å². The highest BCUT2D eigenvalue weighted by Gasteiger charge is 2.31. The molecule has 1 fully saturated rings. The van der Waals surface area contributed by atoms with Crippen LogP contribution in [0.3, 0.4) is 0 Å². The highest BCUT2D eigenvalue weighted by Crippen LogP contribution is 2.15. The Bertz CT molecular complexity index is 269. The Labute approximate surface area is 91.2 Å². The molecule has 0 bridgehead atoms. The van der Waals surface area contributed by atoms with Gasteiger partial charge in [0.15, 0.2) is 0 Å². The van der Waals surface area contributed by atoms with Crippen LogP contribution in [-0.4, -0.2) is 35.5 Å². The fourth-order valence-corrected chi connectivity index (χ4v) is 2.10. The number of carbonyl (C=O) groups is 1. The average molecular weight is 209 g/mol. The van der Waals surface area contributed by atoms with Gasteiger partial charge in [-0.1, -0.05) is 0 Å². The van der Waals surface area contributed by atoms with E-state index in [9.17, 15) is 4.79 Å². The number of carbonyl (C=O) groups excluding carboxylic acids is 1. The van der Waals surface area contributed by atoms with Crippen LogP contribution in [0.4, 0.5) is 0 Å². The molecule has 1 N–H and O–H groups in total. The molecule has 4 nitrogen and oxygen atoms in total. The number of amides is 1. The lowest BCUT2D eigenvalue weighted by atomic mass is 10.1. The third-order valence-corrected chi connectivity index (χ3v) is 2.83. The standard InChI is InChI=1S/C11H19N3O/c1-8(2)14-9(3)5-7-13-10(4-6-12)11(14)15/h8-10,13H,4-5,7H2,1-3H3. The van der Waals surface area contributed by atoms with E-state index in [1.54, 1.807) is 0 Å². The molecule has 0 radical (unpaired) electrons. The molecular formula is C11H19N3O. The Morgan fingerprint density at radius 2 is 2.33 bits per heavy atom. The highest BCUT2D eigenvalue weighted by molar-refractivity contribution is 5.83. The van der Waals surface area contributed by atoms with E-state index in [4.69, 9.17) is 5.26 Å². The van der Waals surface area contributed by atoms with Gasteiger partial charge in [0.25, 0.3) is 0 Å². The second kappa shape index (κ2) is 5.13. The minimum absolute atomic E-state index is 0.0663. The molecule has 15 heavy (non-hydrogen) atoms. The van der Waals surface area contributed by atoms with Gasteiger partial charge in [-0.15, -0.1) is 0 Å².